The van der Waals surface area contributed by atoms with Crippen molar-refractivity contribution in [3.8, 4) is 0 Å². The van der Waals surface area contributed by atoms with Crippen LogP contribution < -0.4 is 5.32 Å². The molecule has 0 aliphatic heterocycles. The van der Waals surface area contributed by atoms with Crippen molar-refractivity contribution in [1.82, 2.24) is 0 Å². The molecule has 78 valence electrons. The highest BCUT2D eigenvalue weighted by Crippen LogP contribution is 2.24. The Morgan fingerprint density at radius 1 is 1.50 bits per heavy atom. The number of benzene rings is 1. The zero-order chi connectivity index (χ0) is 10.6. The first kappa shape index (κ1) is 11.3. The van der Waals surface area contributed by atoms with Gasteiger partial charge in [-0.15, -0.1) is 0 Å². The van der Waals surface area contributed by atoms with Crippen LogP contribution in [0.3, 0.4) is 0 Å². The number of hydrogen-bond acceptors (Lipinski definition) is 2. The number of aryl methyl sites for hydroxylation is 1. The van der Waals surface area contributed by atoms with Gasteiger partial charge in [-0.05, 0) is 31.9 Å². The molecule has 1 aromatic rings. The second kappa shape index (κ2) is 5.23. The molecule has 1 unspecified atom stereocenters. The van der Waals surface area contributed by atoms with Crippen LogP contribution in [0, 0.1) is 6.92 Å². The summed E-state index contributed by atoms with van der Waals surface area (Å²) in [6, 6.07) is 5.88. The van der Waals surface area contributed by atoms with Crippen LogP contribution >= 0.6 is 11.6 Å². The van der Waals surface area contributed by atoms with Gasteiger partial charge >= 0.3 is 0 Å². The second-order valence-corrected chi connectivity index (χ2v) is 3.88. The first-order valence-corrected chi connectivity index (χ1v) is 5.16. The van der Waals surface area contributed by atoms with Crippen LogP contribution in [0.5, 0.6) is 0 Å². The van der Waals surface area contributed by atoms with Gasteiger partial charge in [0.05, 0.1) is 16.8 Å². The Morgan fingerprint density at radius 2 is 2.21 bits per heavy atom. The molecule has 14 heavy (non-hydrogen) atoms. The molecule has 0 aromatic heterocycles. The molecular weight excluding hydrogens is 198 g/mol. The second-order valence-electron chi connectivity index (χ2n) is 3.50. The van der Waals surface area contributed by atoms with E-state index in [1.54, 1.807) is 6.92 Å². The largest absolute Gasteiger partial charge is 0.393 e. The average Bonchev–Trinajstić information content (AvgIpc) is 2.12. The van der Waals surface area contributed by atoms with E-state index in [1.165, 1.54) is 0 Å². The Hall–Kier alpha value is -0.730. The van der Waals surface area contributed by atoms with E-state index in [1.807, 2.05) is 25.1 Å². The molecule has 2 N–H and O–H groups in total. The zero-order valence-corrected chi connectivity index (χ0v) is 9.30. The summed E-state index contributed by atoms with van der Waals surface area (Å²) < 4.78 is 0. The number of aliphatic hydroxyl groups is 1. The Balaban J connectivity index is 2.54. The van der Waals surface area contributed by atoms with E-state index >= 15 is 0 Å². The van der Waals surface area contributed by atoms with Crippen LogP contribution in [-0.2, 0) is 0 Å². The standard InChI is InChI=1S/C11H16ClNO/c1-8-4-3-5-10(11(8)12)13-7-6-9(2)14/h3-5,9,13-14H,6-7H2,1-2H3. The molecule has 1 atom stereocenters. The summed E-state index contributed by atoms with van der Waals surface area (Å²) in [5.41, 5.74) is 2.00. The molecule has 0 aliphatic carbocycles. The molecule has 0 saturated heterocycles. The normalized spacial score (nSPS) is 12.6. The summed E-state index contributed by atoms with van der Waals surface area (Å²) in [4.78, 5) is 0. The lowest BCUT2D eigenvalue weighted by atomic mass is 10.2. The predicted molar refractivity (Wildman–Crippen MR) is 61.0 cm³/mol. The highest BCUT2D eigenvalue weighted by Gasteiger charge is 2.02. The van der Waals surface area contributed by atoms with Crippen LogP contribution in [0.4, 0.5) is 5.69 Å². The monoisotopic (exact) mass is 213 g/mol. The minimum Gasteiger partial charge on any atom is -0.393 e. The first-order chi connectivity index (χ1) is 6.61. The molecule has 1 rings (SSSR count). The van der Waals surface area contributed by atoms with Crippen molar-refractivity contribution in [2.24, 2.45) is 0 Å². The Morgan fingerprint density at radius 3 is 2.86 bits per heavy atom. The molecule has 2 nitrogen and oxygen atoms in total. The molecule has 3 heteroatoms. The van der Waals surface area contributed by atoms with E-state index < -0.39 is 0 Å². The van der Waals surface area contributed by atoms with Gasteiger partial charge in [-0.2, -0.15) is 0 Å². The van der Waals surface area contributed by atoms with Crippen molar-refractivity contribution in [3.63, 3.8) is 0 Å². The number of rotatable bonds is 4. The van der Waals surface area contributed by atoms with Gasteiger partial charge in [0.25, 0.3) is 0 Å². The number of hydrogen-bond donors (Lipinski definition) is 2. The van der Waals surface area contributed by atoms with Crippen LogP contribution in [0.1, 0.15) is 18.9 Å². The SMILES string of the molecule is Cc1cccc(NCCC(C)O)c1Cl. The van der Waals surface area contributed by atoms with Crippen molar-refractivity contribution in [2.75, 3.05) is 11.9 Å². The lowest BCUT2D eigenvalue weighted by Gasteiger charge is -2.10. The maximum absolute atomic E-state index is 9.08. The van der Waals surface area contributed by atoms with Gasteiger partial charge in [0.2, 0.25) is 0 Å². The van der Waals surface area contributed by atoms with Gasteiger partial charge in [0, 0.05) is 6.54 Å². The maximum atomic E-state index is 9.08. The van der Waals surface area contributed by atoms with E-state index in [-0.39, 0.29) is 6.10 Å². The average molecular weight is 214 g/mol. The van der Waals surface area contributed by atoms with Crippen LogP contribution in [0.15, 0.2) is 18.2 Å². The fraction of sp³-hybridized carbons (Fsp3) is 0.455. The molecule has 0 saturated carbocycles. The summed E-state index contributed by atoms with van der Waals surface area (Å²) >= 11 is 6.08. The van der Waals surface area contributed by atoms with Gasteiger partial charge in [0.1, 0.15) is 0 Å². The first-order valence-electron chi connectivity index (χ1n) is 4.78. The number of nitrogens with one attached hydrogen (secondary N) is 1. The van der Waals surface area contributed by atoms with Crippen molar-refractivity contribution in [2.45, 2.75) is 26.4 Å². The summed E-state index contributed by atoms with van der Waals surface area (Å²) in [5.74, 6) is 0. The lowest BCUT2D eigenvalue weighted by Crippen LogP contribution is -2.10. The number of aliphatic hydroxyl groups excluding tert-OH is 1. The van der Waals surface area contributed by atoms with Crippen molar-refractivity contribution in [1.29, 1.82) is 0 Å². The van der Waals surface area contributed by atoms with Gasteiger partial charge in [-0.25, -0.2) is 0 Å². The van der Waals surface area contributed by atoms with E-state index in [4.69, 9.17) is 16.7 Å². The third-order valence-electron chi connectivity index (χ3n) is 2.07. The van der Waals surface area contributed by atoms with E-state index in [2.05, 4.69) is 5.32 Å². The summed E-state index contributed by atoms with van der Waals surface area (Å²) in [6.45, 7) is 4.49. The van der Waals surface area contributed by atoms with Crippen LogP contribution in [-0.4, -0.2) is 17.8 Å². The highest BCUT2D eigenvalue weighted by molar-refractivity contribution is 6.33. The topological polar surface area (TPSA) is 32.3 Å². The molecule has 0 heterocycles. The Kier molecular flexibility index (Phi) is 4.23. The summed E-state index contributed by atoms with van der Waals surface area (Å²) in [5, 5.41) is 13.0. The highest BCUT2D eigenvalue weighted by atomic mass is 35.5. The zero-order valence-electron chi connectivity index (χ0n) is 8.55. The molecule has 0 amide bonds. The summed E-state index contributed by atoms with van der Waals surface area (Å²) in [6.07, 6.45) is 0.454. The predicted octanol–water partition coefficient (Wildman–Crippen LogP) is 2.83. The Labute approximate surface area is 89.9 Å². The molecular formula is C11H16ClNO. The van der Waals surface area contributed by atoms with Crippen molar-refractivity contribution >= 4 is 17.3 Å². The quantitative estimate of drug-likeness (QED) is 0.806. The fourth-order valence-corrected chi connectivity index (χ4v) is 1.39. The van der Waals surface area contributed by atoms with Gasteiger partial charge < -0.3 is 10.4 Å². The van der Waals surface area contributed by atoms with Gasteiger partial charge in [0.15, 0.2) is 0 Å². The van der Waals surface area contributed by atoms with Crippen molar-refractivity contribution in [3.05, 3.63) is 28.8 Å². The lowest BCUT2D eigenvalue weighted by molar-refractivity contribution is 0.189. The third-order valence-corrected chi connectivity index (χ3v) is 2.57. The molecule has 0 spiro atoms. The molecule has 1 aromatic carbocycles. The maximum Gasteiger partial charge on any atom is 0.0666 e. The number of halogens is 1. The van der Waals surface area contributed by atoms with Crippen molar-refractivity contribution < 1.29 is 5.11 Å². The fourth-order valence-electron chi connectivity index (χ4n) is 1.20. The van der Waals surface area contributed by atoms with Crippen LogP contribution in [0.25, 0.3) is 0 Å². The minimum absolute atomic E-state index is 0.272. The van der Waals surface area contributed by atoms with Crippen LogP contribution in [0.2, 0.25) is 5.02 Å². The third kappa shape index (κ3) is 3.20. The minimum atomic E-state index is -0.272. The molecule has 0 bridgehead atoms. The van der Waals surface area contributed by atoms with Gasteiger partial charge in [-0.1, -0.05) is 23.7 Å². The molecule has 0 radical (unpaired) electrons. The summed E-state index contributed by atoms with van der Waals surface area (Å²) in [7, 11) is 0. The number of anilines is 1. The van der Waals surface area contributed by atoms with E-state index in [0.717, 1.165) is 29.2 Å². The van der Waals surface area contributed by atoms with Gasteiger partial charge in [-0.3, -0.25) is 0 Å². The Bertz CT molecular complexity index is 299. The molecule has 0 fully saturated rings. The smallest absolute Gasteiger partial charge is 0.0666 e. The van der Waals surface area contributed by atoms with E-state index in [9.17, 15) is 0 Å². The molecule has 0 aliphatic rings. The van der Waals surface area contributed by atoms with E-state index in [0.29, 0.717) is 0 Å².